The highest BCUT2D eigenvalue weighted by Gasteiger charge is 2.05. The fraction of sp³-hybridized carbons (Fsp3) is 0.286. The lowest BCUT2D eigenvalue weighted by Gasteiger charge is -2.00. The molecule has 1 rings (SSSR count). The van der Waals surface area contributed by atoms with Crippen LogP contribution < -0.4 is 15.4 Å². The molecule has 14 heavy (non-hydrogen) atoms. The van der Waals surface area contributed by atoms with Gasteiger partial charge in [0, 0.05) is 6.54 Å². The van der Waals surface area contributed by atoms with Crippen LogP contribution in [0.5, 0.6) is 6.01 Å². The van der Waals surface area contributed by atoms with E-state index in [-0.39, 0.29) is 18.0 Å². The Morgan fingerprint density at radius 3 is 3.14 bits per heavy atom. The quantitative estimate of drug-likeness (QED) is 0.598. The Balaban J connectivity index is 2.43. The van der Waals surface area contributed by atoms with Crippen molar-refractivity contribution in [2.75, 3.05) is 19.0 Å². The summed E-state index contributed by atoms with van der Waals surface area (Å²) in [5.74, 6) is 0.225. The van der Waals surface area contributed by atoms with Crippen LogP contribution >= 0.6 is 0 Å². The van der Waals surface area contributed by atoms with Crippen LogP contribution in [0.1, 0.15) is 0 Å². The normalized spacial score (nSPS) is 9.21. The number of hydrogen-bond acceptors (Lipinski definition) is 4. The summed E-state index contributed by atoms with van der Waals surface area (Å²) in [5, 5.41) is 11.1. The second kappa shape index (κ2) is 4.85. The number of nitrogens with one attached hydrogen (secondary N) is 3. The van der Waals surface area contributed by atoms with Gasteiger partial charge in [0.15, 0.2) is 0 Å². The van der Waals surface area contributed by atoms with E-state index in [2.05, 4.69) is 32.4 Å². The number of ether oxygens (including phenoxy) is 1. The number of aromatic nitrogens is 3. The summed E-state index contributed by atoms with van der Waals surface area (Å²) in [6.45, 7) is 3.84. The zero-order chi connectivity index (χ0) is 10.4. The van der Waals surface area contributed by atoms with Crippen molar-refractivity contribution in [3.63, 3.8) is 0 Å². The zero-order valence-corrected chi connectivity index (χ0v) is 7.70. The molecule has 0 spiro atoms. The fourth-order valence-electron chi connectivity index (χ4n) is 0.710. The van der Waals surface area contributed by atoms with Crippen LogP contribution in [-0.2, 0) is 0 Å². The molecule has 76 valence electrons. The minimum absolute atomic E-state index is 0.170. The van der Waals surface area contributed by atoms with Crippen molar-refractivity contribution in [1.82, 2.24) is 20.5 Å². The van der Waals surface area contributed by atoms with Gasteiger partial charge in [-0.05, 0) is 0 Å². The van der Waals surface area contributed by atoms with E-state index in [4.69, 9.17) is 4.74 Å². The van der Waals surface area contributed by atoms with Crippen LogP contribution in [0.25, 0.3) is 0 Å². The first kappa shape index (κ1) is 10.0. The number of urea groups is 1. The first-order valence-corrected chi connectivity index (χ1v) is 3.88. The highest BCUT2D eigenvalue weighted by molar-refractivity contribution is 5.87. The van der Waals surface area contributed by atoms with Crippen LogP contribution in [0.3, 0.4) is 0 Å². The lowest BCUT2D eigenvalue weighted by Crippen LogP contribution is -2.29. The van der Waals surface area contributed by atoms with Crippen LogP contribution in [-0.4, -0.2) is 34.9 Å². The number of carbonyl (C=O) groups is 1. The number of H-pyrrole nitrogens is 1. The van der Waals surface area contributed by atoms with Gasteiger partial charge in [-0.2, -0.15) is 4.98 Å². The molecule has 1 heterocycles. The average molecular weight is 197 g/mol. The molecule has 7 heteroatoms. The third kappa shape index (κ3) is 2.77. The van der Waals surface area contributed by atoms with Gasteiger partial charge in [-0.3, -0.25) is 5.32 Å². The predicted octanol–water partition coefficient (Wildman–Crippen LogP) is 0.121. The standard InChI is InChI=1S/C7H11N5O2/c1-3-4-8-6(13)9-5-10-7(14-2)12-11-5/h3H,1,4H2,2H3,(H3,8,9,10,11,12,13). The summed E-state index contributed by atoms with van der Waals surface area (Å²) in [5.41, 5.74) is 0. The first-order valence-electron chi connectivity index (χ1n) is 3.88. The maximum absolute atomic E-state index is 11.1. The van der Waals surface area contributed by atoms with Crippen molar-refractivity contribution in [3.8, 4) is 6.01 Å². The van der Waals surface area contributed by atoms with E-state index >= 15 is 0 Å². The summed E-state index contributed by atoms with van der Waals surface area (Å²) in [6, 6.07) is -0.215. The third-order valence-electron chi connectivity index (χ3n) is 1.29. The minimum Gasteiger partial charge on any atom is -0.466 e. The molecule has 0 radical (unpaired) electrons. The lowest BCUT2D eigenvalue weighted by molar-refractivity contribution is 0.253. The Bertz CT molecular complexity index is 322. The van der Waals surface area contributed by atoms with Crippen molar-refractivity contribution in [2.45, 2.75) is 0 Å². The van der Waals surface area contributed by atoms with E-state index in [1.54, 1.807) is 6.08 Å². The fourth-order valence-corrected chi connectivity index (χ4v) is 0.710. The maximum atomic E-state index is 11.1. The summed E-state index contributed by atoms with van der Waals surface area (Å²) in [7, 11) is 1.44. The summed E-state index contributed by atoms with van der Waals surface area (Å²) in [4.78, 5) is 14.9. The Morgan fingerprint density at radius 2 is 2.57 bits per heavy atom. The Morgan fingerprint density at radius 1 is 1.79 bits per heavy atom. The lowest BCUT2D eigenvalue weighted by atomic mass is 10.6. The number of hydrogen-bond donors (Lipinski definition) is 3. The molecule has 0 aliphatic rings. The zero-order valence-electron chi connectivity index (χ0n) is 7.70. The number of carbonyl (C=O) groups excluding carboxylic acids is 1. The molecule has 2 amide bonds. The molecular formula is C7H11N5O2. The van der Waals surface area contributed by atoms with Crippen molar-refractivity contribution < 1.29 is 9.53 Å². The Kier molecular flexibility index (Phi) is 3.48. The molecule has 0 unspecified atom stereocenters. The molecule has 0 fully saturated rings. The van der Waals surface area contributed by atoms with Gasteiger partial charge in [0.1, 0.15) is 0 Å². The SMILES string of the molecule is C=CCNC(=O)Nc1nc(OC)n[nH]1. The molecule has 0 bridgehead atoms. The molecule has 0 atom stereocenters. The summed E-state index contributed by atoms with van der Waals surface area (Å²) >= 11 is 0. The number of aromatic amines is 1. The molecule has 0 aliphatic carbocycles. The second-order valence-electron chi connectivity index (χ2n) is 2.29. The van der Waals surface area contributed by atoms with Crippen LogP contribution in [0, 0.1) is 0 Å². The number of methoxy groups -OCH3 is 1. The van der Waals surface area contributed by atoms with Gasteiger partial charge in [0.05, 0.1) is 7.11 Å². The van der Waals surface area contributed by atoms with E-state index in [0.717, 1.165) is 0 Å². The van der Waals surface area contributed by atoms with E-state index in [9.17, 15) is 4.79 Å². The van der Waals surface area contributed by atoms with E-state index < -0.39 is 0 Å². The second-order valence-corrected chi connectivity index (χ2v) is 2.29. The molecule has 3 N–H and O–H groups in total. The first-order chi connectivity index (χ1) is 6.76. The molecular weight excluding hydrogens is 186 g/mol. The van der Waals surface area contributed by atoms with Crippen LogP contribution in [0.4, 0.5) is 10.7 Å². The average Bonchev–Trinajstić information content (AvgIpc) is 2.62. The van der Waals surface area contributed by atoms with E-state index in [1.165, 1.54) is 7.11 Å². The smallest absolute Gasteiger partial charge is 0.336 e. The predicted molar refractivity (Wildman–Crippen MR) is 50.2 cm³/mol. The van der Waals surface area contributed by atoms with Crippen molar-refractivity contribution in [2.24, 2.45) is 0 Å². The van der Waals surface area contributed by atoms with E-state index in [0.29, 0.717) is 6.54 Å². The maximum Gasteiger partial charge on any atom is 0.336 e. The summed E-state index contributed by atoms with van der Waals surface area (Å²) < 4.78 is 4.72. The van der Waals surface area contributed by atoms with Gasteiger partial charge in [-0.15, -0.1) is 11.7 Å². The molecule has 0 aromatic carbocycles. The molecule has 0 aliphatic heterocycles. The molecule has 0 saturated heterocycles. The number of rotatable bonds is 4. The minimum atomic E-state index is -0.385. The highest BCUT2D eigenvalue weighted by Crippen LogP contribution is 2.03. The van der Waals surface area contributed by atoms with E-state index in [1.807, 2.05) is 0 Å². The van der Waals surface area contributed by atoms with Crippen LogP contribution in [0.15, 0.2) is 12.7 Å². The monoisotopic (exact) mass is 197 g/mol. The summed E-state index contributed by atoms with van der Waals surface area (Å²) in [6.07, 6.45) is 1.57. The number of anilines is 1. The van der Waals surface area contributed by atoms with Crippen molar-refractivity contribution >= 4 is 12.0 Å². The van der Waals surface area contributed by atoms with Crippen LogP contribution in [0.2, 0.25) is 0 Å². The molecule has 0 saturated carbocycles. The topological polar surface area (TPSA) is 91.9 Å². The third-order valence-corrected chi connectivity index (χ3v) is 1.29. The van der Waals surface area contributed by atoms with Gasteiger partial charge < -0.3 is 10.1 Å². The molecule has 7 nitrogen and oxygen atoms in total. The van der Waals surface area contributed by atoms with Gasteiger partial charge in [-0.1, -0.05) is 6.08 Å². The largest absolute Gasteiger partial charge is 0.466 e. The van der Waals surface area contributed by atoms with Gasteiger partial charge >= 0.3 is 12.0 Å². The van der Waals surface area contributed by atoms with Gasteiger partial charge in [-0.25, -0.2) is 9.89 Å². The Hall–Kier alpha value is -2.05. The Labute approximate surface area is 80.6 Å². The van der Waals surface area contributed by atoms with Crippen molar-refractivity contribution in [3.05, 3.63) is 12.7 Å². The molecule has 1 aromatic rings. The number of nitrogens with zero attached hydrogens (tertiary/aromatic N) is 2. The number of amides is 2. The molecule has 1 aromatic heterocycles. The highest BCUT2D eigenvalue weighted by atomic mass is 16.5. The van der Waals surface area contributed by atoms with Crippen molar-refractivity contribution in [1.29, 1.82) is 0 Å². The van der Waals surface area contributed by atoms with Gasteiger partial charge in [0.25, 0.3) is 0 Å². The van der Waals surface area contributed by atoms with Gasteiger partial charge in [0.2, 0.25) is 5.95 Å².